The molecule has 2 nitrogen and oxygen atoms in total. The van der Waals surface area contributed by atoms with E-state index in [4.69, 9.17) is 4.74 Å². The van der Waals surface area contributed by atoms with Crippen molar-refractivity contribution in [2.45, 2.75) is 38.0 Å². The van der Waals surface area contributed by atoms with E-state index in [0.717, 1.165) is 5.56 Å². The van der Waals surface area contributed by atoms with Crippen molar-refractivity contribution in [2.24, 2.45) is 0 Å². The molecule has 1 rings (SSSR count). The highest BCUT2D eigenvalue weighted by atomic mass is 19.4. The van der Waals surface area contributed by atoms with E-state index in [1.807, 2.05) is 0 Å². The van der Waals surface area contributed by atoms with Crippen LogP contribution in [0.2, 0.25) is 0 Å². The predicted octanol–water partition coefficient (Wildman–Crippen LogP) is 3.33. The van der Waals surface area contributed by atoms with Gasteiger partial charge in [-0.15, -0.1) is 0 Å². The average Bonchev–Trinajstić information content (AvgIpc) is 2.28. The van der Waals surface area contributed by atoms with Crippen LogP contribution in [0.1, 0.15) is 24.8 Å². The minimum atomic E-state index is -4.15. The molecule has 0 saturated heterocycles. The van der Waals surface area contributed by atoms with Gasteiger partial charge < -0.3 is 9.84 Å². The van der Waals surface area contributed by atoms with Gasteiger partial charge in [-0.05, 0) is 24.5 Å². The van der Waals surface area contributed by atoms with Gasteiger partial charge in [0.25, 0.3) is 0 Å². The van der Waals surface area contributed by atoms with Crippen molar-refractivity contribution in [3.8, 4) is 5.75 Å². The van der Waals surface area contributed by atoms with E-state index >= 15 is 0 Å². The molecular weight excluding hydrogens is 245 g/mol. The summed E-state index contributed by atoms with van der Waals surface area (Å²) < 4.78 is 41.0. The number of ether oxygens (including phenoxy) is 1. The van der Waals surface area contributed by atoms with Crippen LogP contribution in [0.25, 0.3) is 0 Å². The monoisotopic (exact) mass is 262 g/mol. The molecule has 1 aromatic rings. The molecule has 5 heteroatoms. The van der Waals surface area contributed by atoms with Crippen LogP contribution in [-0.4, -0.2) is 24.5 Å². The number of alkyl halides is 3. The molecule has 102 valence electrons. The van der Waals surface area contributed by atoms with Gasteiger partial charge in [0.05, 0.1) is 13.2 Å². The summed E-state index contributed by atoms with van der Waals surface area (Å²) in [5.74, 6) is 0.646. The Morgan fingerprint density at radius 1 is 1.28 bits per heavy atom. The van der Waals surface area contributed by atoms with E-state index in [1.54, 1.807) is 24.3 Å². The third-order valence-electron chi connectivity index (χ3n) is 2.65. The smallest absolute Gasteiger partial charge is 0.389 e. The molecule has 0 amide bonds. The first-order valence-corrected chi connectivity index (χ1v) is 5.79. The lowest BCUT2D eigenvalue weighted by Gasteiger charge is -2.13. The first-order valence-electron chi connectivity index (χ1n) is 5.79. The Morgan fingerprint density at radius 3 is 2.56 bits per heavy atom. The van der Waals surface area contributed by atoms with Crippen molar-refractivity contribution in [1.29, 1.82) is 0 Å². The van der Waals surface area contributed by atoms with Crippen LogP contribution in [0.15, 0.2) is 24.3 Å². The molecule has 0 fully saturated rings. The minimum absolute atomic E-state index is 0.0557. The summed E-state index contributed by atoms with van der Waals surface area (Å²) in [6, 6.07) is 7.17. The van der Waals surface area contributed by atoms with Crippen molar-refractivity contribution in [1.82, 2.24) is 0 Å². The zero-order valence-corrected chi connectivity index (χ0v) is 10.2. The fraction of sp³-hybridized carbons (Fsp3) is 0.538. The molecule has 0 aliphatic heterocycles. The molecular formula is C13H17F3O2. The SMILES string of the molecule is COc1ccccc1CC(O)CCCC(F)(F)F. The topological polar surface area (TPSA) is 29.5 Å². The number of rotatable bonds is 6. The lowest BCUT2D eigenvalue weighted by Crippen LogP contribution is -2.14. The van der Waals surface area contributed by atoms with Gasteiger partial charge in [0.2, 0.25) is 0 Å². The maximum atomic E-state index is 12.0. The molecule has 1 atom stereocenters. The highest BCUT2D eigenvalue weighted by molar-refractivity contribution is 5.33. The van der Waals surface area contributed by atoms with Crippen molar-refractivity contribution in [2.75, 3.05) is 7.11 Å². The quantitative estimate of drug-likeness (QED) is 0.852. The van der Waals surface area contributed by atoms with Crippen LogP contribution >= 0.6 is 0 Å². The van der Waals surface area contributed by atoms with Crippen LogP contribution < -0.4 is 4.74 Å². The molecule has 0 saturated carbocycles. The van der Waals surface area contributed by atoms with Crippen LogP contribution in [0, 0.1) is 0 Å². The largest absolute Gasteiger partial charge is 0.496 e. The summed E-state index contributed by atoms with van der Waals surface area (Å²) in [5, 5.41) is 9.70. The predicted molar refractivity (Wildman–Crippen MR) is 62.6 cm³/mol. The second kappa shape index (κ2) is 6.64. The van der Waals surface area contributed by atoms with E-state index in [1.165, 1.54) is 7.11 Å². The number of hydrogen-bond donors (Lipinski definition) is 1. The van der Waals surface area contributed by atoms with E-state index in [2.05, 4.69) is 0 Å². The van der Waals surface area contributed by atoms with Crippen molar-refractivity contribution in [3.05, 3.63) is 29.8 Å². The summed E-state index contributed by atoms with van der Waals surface area (Å²) in [7, 11) is 1.52. The van der Waals surface area contributed by atoms with Crippen LogP contribution in [-0.2, 0) is 6.42 Å². The van der Waals surface area contributed by atoms with Crippen LogP contribution in [0.5, 0.6) is 5.75 Å². The Hall–Kier alpha value is -1.23. The first-order chi connectivity index (χ1) is 8.42. The molecule has 1 unspecified atom stereocenters. The molecule has 18 heavy (non-hydrogen) atoms. The lowest BCUT2D eigenvalue weighted by molar-refractivity contribution is -0.136. The van der Waals surface area contributed by atoms with Gasteiger partial charge in [-0.2, -0.15) is 13.2 Å². The molecule has 0 spiro atoms. The Kier molecular flexibility index (Phi) is 5.47. The summed E-state index contributed by atoms with van der Waals surface area (Å²) in [6.07, 6.45) is -5.39. The number of methoxy groups -OCH3 is 1. The number of aliphatic hydroxyl groups excluding tert-OH is 1. The van der Waals surface area contributed by atoms with Gasteiger partial charge in [-0.3, -0.25) is 0 Å². The minimum Gasteiger partial charge on any atom is -0.496 e. The van der Waals surface area contributed by atoms with E-state index < -0.39 is 18.7 Å². The molecule has 0 bridgehead atoms. The third-order valence-corrected chi connectivity index (χ3v) is 2.65. The Morgan fingerprint density at radius 2 is 1.94 bits per heavy atom. The number of benzene rings is 1. The maximum Gasteiger partial charge on any atom is 0.389 e. The number of halogens is 3. The normalized spacial score (nSPS) is 13.4. The number of hydrogen-bond acceptors (Lipinski definition) is 2. The maximum absolute atomic E-state index is 12.0. The Labute approximate surface area is 104 Å². The molecule has 0 aliphatic carbocycles. The third kappa shape index (κ3) is 5.40. The highest BCUT2D eigenvalue weighted by Crippen LogP contribution is 2.24. The van der Waals surface area contributed by atoms with E-state index in [-0.39, 0.29) is 12.8 Å². The summed E-state index contributed by atoms with van der Waals surface area (Å²) in [5.41, 5.74) is 0.805. The average molecular weight is 262 g/mol. The molecule has 1 N–H and O–H groups in total. The summed E-state index contributed by atoms with van der Waals surface area (Å²) >= 11 is 0. The molecule has 0 heterocycles. The number of para-hydroxylation sites is 1. The Balaban J connectivity index is 2.42. The van der Waals surface area contributed by atoms with Gasteiger partial charge in [0.15, 0.2) is 0 Å². The van der Waals surface area contributed by atoms with Crippen molar-refractivity contribution < 1.29 is 23.0 Å². The molecule has 0 radical (unpaired) electrons. The first kappa shape index (κ1) is 14.8. The van der Waals surface area contributed by atoms with Crippen molar-refractivity contribution in [3.63, 3.8) is 0 Å². The van der Waals surface area contributed by atoms with Crippen LogP contribution in [0.4, 0.5) is 13.2 Å². The van der Waals surface area contributed by atoms with Crippen LogP contribution in [0.3, 0.4) is 0 Å². The van der Waals surface area contributed by atoms with Gasteiger partial charge in [-0.1, -0.05) is 18.2 Å². The fourth-order valence-corrected chi connectivity index (χ4v) is 1.77. The number of aliphatic hydroxyl groups is 1. The Bertz CT molecular complexity index is 363. The molecule has 1 aromatic carbocycles. The molecule has 0 aliphatic rings. The highest BCUT2D eigenvalue weighted by Gasteiger charge is 2.26. The standard InChI is InChI=1S/C13H17F3O2/c1-18-12-7-3-2-5-10(12)9-11(17)6-4-8-13(14,15)16/h2-3,5,7,11,17H,4,6,8-9H2,1H3. The lowest BCUT2D eigenvalue weighted by atomic mass is 10.0. The zero-order chi connectivity index (χ0) is 13.6. The van der Waals surface area contributed by atoms with Gasteiger partial charge in [0.1, 0.15) is 5.75 Å². The second-order valence-electron chi connectivity index (χ2n) is 4.18. The summed E-state index contributed by atoms with van der Waals surface area (Å²) in [6.45, 7) is 0. The van der Waals surface area contributed by atoms with Gasteiger partial charge in [0, 0.05) is 12.8 Å². The fourth-order valence-electron chi connectivity index (χ4n) is 1.77. The van der Waals surface area contributed by atoms with E-state index in [0.29, 0.717) is 12.2 Å². The van der Waals surface area contributed by atoms with E-state index in [9.17, 15) is 18.3 Å². The van der Waals surface area contributed by atoms with Gasteiger partial charge in [-0.25, -0.2) is 0 Å². The van der Waals surface area contributed by atoms with Crippen molar-refractivity contribution >= 4 is 0 Å². The second-order valence-corrected chi connectivity index (χ2v) is 4.18. The molecule has 0 aromatic heterocycles. The summed E-state index contributed by atoms with van der Waals surface area (Å²) in [4.78, 5) is 0. The van der Waals surface area contributed by atoms with Gasteiger partial charge >= 0.3 is 6.18 Å². The zero-order valence-electron chi connectivity index (χ0n) is 10.2.